The van der Waals surface area contributed by atoms with E-state index >= 15 is 0 Å². The first-order valence-electron chi connectivity index (χ1n) is 25.0. The van der Waals surface area contributed by atoms with Gasteiger partial charge in [-0.2, -0.15) is 0 Å². The maximum absolute atomic E-state index is 13.3. The van der Waals surface area contributed by atoms with Crippen molar-refractivity contribution >= 4 is 46.9 Å². The van der Waals surface area contributed by atoms with Gasteiger partial charge in [0.1, 0.15) is 5.60 Å². The van der Waals surface area contributed by atoms with Gasteiger partial charge in [0, 0.05) is 101 Å². The van der Waals surface area contributed by atoms with Crippen molar-refractivity contribution in [1.82, 2.24) is 19.6 Å². The van der Waals surface area contributed by atoms with Crippen LogP contribution in [0.15, 0.2) is 71.3 Å². The molecule has 1 radical (unpaired) electrons. The maximum Gasteiger partial charge on any atom is 3.00 e. The van der Waals surface area contributed by atoms with E-state index in [2.05, 4.69) is 48.3 Å². The Labute approximate surface area is 454 Å². The van der Waals surface area contributed by atoms with Gasteiger partial charge in [0.05, 0.1) is 26.2 Å². The molecule has 1 amide bonds. The predicted molar refractivity (Wildman–Crippen MR) is 267 cm³/mol. The number of fused-ring (bicyclic) bond motifs is 4. The number of nitrogens with one attached hydrogen (secondary N) is 1. The van der Waals surface area contributed by atoms with E-state index in [9.17, 15) is 54.3 Å². The first kappa shape index (κ1) is 56.7. The zero-order valence-electron chi connectivity index (χ0n) is 41.6. The monoisotopic (exact) mass is 1140 g/mol. The van der Waals surface area contributed by atoms with Gasteiger partial charge in [-0.15, -0.1) is 5.92 Å². The predicted octanol–water partition coefficient (Wildman–Crippen LogP) is 4.28. The summed E-state index contributed by atoms with van der Waals surface area (Å²) < 4.78 is 0. The molecule has 7 rings (SSSR count). The molecule has 17 nitrogen and oxygen atoms in total. The number of hydrogen-bond donors (Lipinski definition) is 6. The molecule has 1 saturated heterocycles. The van der Waals surface area contributed by atoms with E-state index in [4.69, 9.17) is 0 Å². The molecule has 387 valence electrons. The van der Waals surface area contributed by atoms with Crippen LogP contribution in [0.4, 0.5) is 11.4 Å². The maximum atomic E-state index is 13.3. The second-order valence-electron chi connectivity index (χ2n) is 20.5. The summed E-state index contributed by atoms with van der Waals surface area (Å²) in [5.74, 6) is 2.70. The Bertz CT molecular complexity index is 2450. The Hall–Kier alpha value is -4.58. The number of ketones is 1. The van der Waals surface area contributed by atoms with Crippen molar-refractivity contribution in [3.05, 3.63) is 82.5 Å². The van der Waals surface area contributed by atoms with Crippen molar-refractivity contribution in [2.24, 2.45) is 17.3 Å². The number of rotatable bonds is 16. The summed E-state index contributed by atoms with van der Waals surface area (Å²) in [6, 6.07) is 15.2. The van der Waals surface area contributed by atoms with Crippen LogP contribution >= 0.6 is 0 Å². The van der Waals surface area contributed by atoms with Crippen molar-refractivity contribution in [2.45, 2.75) is 89.2 Å². The molecule has 2 saturated carbocycles. The number of carboxylic acid groups (broad SMARTS) is 4. The first-order valence-corrected chi connectivity index (χ1v) is 25.0. The van der Waals surface area contributed by atoms with Crippen LogP contribution in [0.1, 0.15) is 82.3 Å². The summed E-state index contributed by atoms with van der Waals surface area (Å²) in [6.07, 6.45) is 7.92. The smallest absolute Gasteiger partial charge is 0.480 e. The van der Waals surface area contributed by atoms with Crippen molar-refractivity contribution in [1.29, 1.82) is 0 Å². The van der Waals surface area contributed by atoms with Gasteiger partial charge in [-0.05, 0) is 116 Å². The van der Waals surface area contributed by atoms with Crippen LogP contribution in [0.5, 0.6) is 0 Å². The van der Waals surface area contributed by atoms with E-state index in [0.717, 1.165) is 43.4 Å². The minimum Gasteiger partial charge on any atom is -0.480 e. The van der Waals surface area contributed by atoms with Crippen molar-refractivity contribution < 1.29 is 94.2 Å². The number of anilines is 2. The van der Waals surface area contributed by atoms with E-state index in [1.165, 1.54) is 22.3 Å². The van der Waals surface area contributed by atoms with Crippen molar-refractivity contribution in [3.63, 3.8) is 0 Å². The molecule has 6 N–H and O–H groups in total. The third-order valence-electron chi connectivity index (χ3n) is 15.9. The standard InChI is InChI=1S/C54H70N6O11.Gd/c1-4-19-54(71)20-17-46-44-15-9-38-29-42(61)14-16-43(38)52(44)45(30-53(46,54)2)37-7-12-40(13-8-37)56(3)21-18-47(62)55-39-10-5-36(6-11-39)28-41-31-59(34-50(67)68)25-24-57(32-48(63)64)22-23-58(33-49(65)66)26-27-60(41)35-51(69)70;/h5-8,10-13,29,41,44-46,71H,9,14-18,20-28,30-35H2,1-3H3,(H,55,62)(H,63,64)(H,65,66)(H,67,68)(H,69,70);/q;+3/t41?,44?,45?,46?,53-,54-;/m0./s1. The number of aliphatic hydroxyl groups is 1. The van der Waals surface area contributed by atoms with Gasteiger partial charge in [0.25, 0.3) is 0 Å². The summed E-state index contributed by atoms with van der Waals surface area (Å²) in [6.45, 7) is 4.48. The zero-order chi connectivity index (χ0) is 51.0. The average molecular weight is 1140 g/mol. The molecule has 72 heavy (non-hydrogen) atoms. The molecule has 2 aromatic rings. The normalized spacial score (nSPS) is 26.4. The van der Waals surface area contributed by atoms with Crippen LogP contribution in [-0.2, 0) is 35.2 Å². The van der Waals surface area contributed by atoms with Crippen molar-refractivity contribution in [2.75, 3.05) is 95.8 Å². The molecule has 2 aromatic carbocycles. The van der Waals surface area contributed by atoms with Crippen LogP contribution in [0.3, 0.4) is 0 Å². The average Bonchev–Trinajstić information content (AvgIpc) is 3.58. The van der Waals surface area contributed by atoms with Gasteiger partial charge < -0.3 is 35.7 Å². The Morgan fingerprint density at radius 1 is 0.778 bits per heavy atom. The molecule has 3 fully saturated rings. The number of amides is 1. The van der Waals surface area contributed by atoms with E-state index in [0.29, 0.717) is 43.3 Å². The van der Waals surface area contributed by atoms with Gasteiger partial charge in [-0.1, -0.05) is 42.7 Å². The van der Waals surface area contributed by atoms with Gasteiger partial charge in [0.15, 0.2) is 5.78 Å². The van der Waals surface area contributed by atoms with Crippen molar-refractivity contribution in [3.8, 4) is 11.8 Å². The van der Waals surface area contributed by atoms with E-state index in [1.807, 2.05) is 30.2 Å². The Morgan fingerprint density at radius 3 is 1.99 bits per heavy atom. The molecule has 1 heterocycles. The number of allylic oxidation sites excluding steroid dienone is 4. The van der Waals surface area contributed by atoms with Gasteiger partial charge in [0.2, 0.25) is 5.91 Å². The van der Waals surface area contributed by atoms with Crippen LogP contribution in [-0.4, -0.2) is 178 Å². The molecular weight excluding hydrogens is 1070 g/mol. The van der Waals surface area contributed by atoms with E-state index in [1.54, 1.807) is 38.7 Å². The van der Waals surface area contributed by atoms with Gasteiger partial charge >= 0.3 is 63.8 Å². The quantitative estimate of drug-likeness (QED) is 0.129. The van der Waals surface area contributed by atoms with Crippen LogP contribution < -0.4 is 10.2 Å². The number of nitrogens with zero attached hydrogens (tertiary/aromatic N) is 5. The second-order valence-corrected chi connectivity index (χ2v) is 20.5. The molecule has 0 spiro atoms. The first-order chi connectivity index (χ1) is 33.8. The molecule has 1 aliphatic heterocycles. The molecule has 18 heteroatoms. The van der Waals surface area contributed by atoms with Gasteiger partial charge in [-0.25, -0.2) is 0 Å². The van der Waals surface area contributed by atoms with E-state index < -0.39 is 35.5 Å². The third-order valence-corrected chi connectivity index (χ3v) is 15.9. The fraction of sp³-hybridized carbons (Fsp3) is 0.556. The molecule has 0 bridgehead atoms. The number of carboxylic acids is 4. The Balaban J connectivity index is 0.00000847. The molecule has 5 aliphatic rings. The minimum atomic E-state index is -1.09. The largest absolute Gasteiger partial charge is 3.00 e. The number of aliphatic carboxylic acids is 4. The molecule has 0 aromatic heterocycles. The Kier molecular flexibility index (Phi) is 19.8. The fourth-order valence-electron chi connectivity index (χ4n) is 12.3. The third kappa shape index (κ3) is 14.0. The van der Waals surface area contributed by atoms with Gasteiger partial charge in [-0.3, -0.25) is 48.4 Å². The summed E-state index contributed by atoms with van der Waals surface area (Å²) in [7, 11) is 1.95. The summed E-state index contributed by atoms with van der Waals surface area (Å²) in [4.78, 5) is 82.2. The minimum absolute atomic E-state index is 0. The number of carbonyl (C=O) groups is 6. The zero-order valence-corrected chi connectivity index (χ0v) is 43.9. The van der Waals surface area contributed by atoms with Crippen LogP contribution in [0.25, 0.3) is 0 Å². The molecule has 6 atom stereocenters. The number of carbonyl (C=O) groups excluding carboxylic acids is 2. The van der Waals surface area contributed by atoms with Crippen LogP contribution in [0, 0.1) is 69.0 Å². The fourth-order valence-corrected chi connectivity index (χ4v) is 12.3. The topological polar surface area (TPSA) is 232 Å². The molecule has 4 aliphatic carbocycles. The molecule has 4 unspecified atom stereocenters. The SMILES string of the molecule is CC#C[C@]1(O)CCC2C3CCC4=CC(=O)CCC4=C3C(c3ccc(N(C)CCC(=O)Nc4ccc(CC5CN(CC(=O)O)CCN(CC(=O)O)CCN(CC(=O)O)CCN5CC(=O)O)cc4)cc3)C[C@@]21C.[Gd+3]. The number of hydrogen-bond acceptors (Lipinski definition) is 12. The van der Waals surface area contributed by atoms with E-state index in [-0.39, 0.29) is 141 Å². The van der Waals surface area contributed by atoms with Crippen LogP contribution in [0.2, 0.25) is 0 Å². The summed E-state index contributed by atoms with van der Waals surface area (Å²) >= 11 is 0. The Morgan fingerprint density at radius 2 is 1.38 bits per heavy atom. The summed E-state index contributed by atoms with van der Waals surface area (Å²) in [5, 5.41) is 54.0. The summed E-state index contributed by atoms with van der Waals surface area (Å²) in [5.41, 5.74) is 6.08. The number of benzene rings is 2. The molecular formula is C54H70GdN6O11+3. The second kappa shape index (κ2) is 25.1.